The van der Waals surface area contributed by atoms with Gasteiger partial charge in [-0.1, -0.05) is 18.0 Å². The minimum absolute atomic E-state index is 0.0539. The fourth-order valence-electron chi connectivity index (χ4n) is 2.97. The van der Waals surface area contributed by atoms with Crippen molar-refractivity contribution in [2.45, 2.75) is 37.9 Å². The lowest BCUT2D eigenvalue weighted by atomic mass is 10.1. The summed E-state index contributed by atoms with van der Waals surface area (Å²) in [6.45, 7) is 1.74. The number of hydrogen-bond acceptors (Lipinski definition) is 5. The summed E-state index contributed by atoms with van der Waals surface area (Å²) in [6.07, 6.45) is 2.05. The topological polar surface area (TPSA) is 76.1 Å². The Hall–Kier alpha value is -1.51. The number of carbonyl (C=O) groups is 1. The quantitative estimate of drug-likeness (QED) is 0.823. The van der Waals surface area contributed by atoms with Crippen LogP contribution in [0.5, 0.6) is 0 Å². The number of aryl methyl sites for hydroxylation is 1. The number of nitrogens with zero attached hydrogens (tertiary/aromatic N) is 1. The Morgan fingerprint density at radius 1 is 1.38 bits per heavy atom. The average molecular weight is 417 g/mol. The molecule has 1 fully saturated rings. The van der Waals surface area contributed by atoms with E-state index in [1.165, 1.54) is 23.5 Å². The third-order valence-corrected chi connectivity index (χ3v) is 7.69. The second-order valence-electron chi connectivity index (χ2n) is 6.32. The van der Waals surface area contributed by atoms with Crippen molar-refractivity contribution in [2.24, 2.45) is 0 Å². The minimum atomic E-state index is -3.39. The molecule has 1 aliphatic rings. The number of aromatic nitrogens is 1. The van der Waals surface area contributed by atoms with Crippen molar-refractivity contribution in [2.75, 3.05) is 11.1 Å². The van der Waals surface area contributed by atoms with Gasteiger partial charge >= 0.3 is 0 Å². The van der Waals surface area contributed by atoms with Crippen molar-refractivity contribution in [3.8, 4) is 0 Å². The molecule has 1 saturated heterocycles. The Morgan fingerprint density at radius 2 is 2.15 bits per heavy atom. The zero-order chi connectivity index (χ0) is 18.9. The van der Waals surface area contributed by atoms with Crippen molar-refractivity contribution >= 4 is 43.7 Å². The number of anilines is 1. The van der Waals surface area contributed by atoms with Crippen LogP contribution in [0.2, 0.25) is 5.02 Å². The highest BCUT2D eigenvalue weighted by Crippen LogP contribution is 2.28. The van der Waals surface area contributed by atoms with Crippen LogP contribution in [0.1, 0.15) is 35.5 Å². The van der Waals surface area contributed by atoms with E-state index >= 15 is 0 Å². The number of thiazole rings is 1. The Balaban J connectivity index is 1.75. The van der Waals surface area contributed by atoms with E-state index in [2.05, 4.69) is 10.3 Å². The smallest absolute Gasteiger partial charge is 0.243 e. The Bertz CT molecular complexity index is 923. The first kappa shape index (κ1) is 19.3. The van der Waals surface area contributed by atoms with Crippen molar-refractivity contribution in [3.05, 3.63) is 45.3 Å². The van der Waals surface area contributed by atoms with E-state index in [4.69, 9.17) is 11.6 Å². The molecule has 1 N–H and O–H groups in total. The fraction of sp³-hybridized carbons (Fsp3) is 0.412. The Kier molecular flexibility index (Phi) is 5.64. The molecule has 2 aromatic rings. The highest BCUT2D eigenvalue weighted by Gasteiger charge is 2.35. The first-order chi connectivity index (χ1) is 12.2. The number of carbonyl (C=O) groups excluding carboxylic acids is 1. The fourth-order valence-corrected chi connectivity index (χ4v) is 6.02. The zero-order valence-electron chi connectivity index (χ0n) is 14.1. The van der Waals surface area contributed by atoms with Gasteiger partial charge in [0.15, 0.2) is 9.84 Å². The molecule has 0 bridgehead atoms. The molecule has 3 rings (SSSR count). The molecule has 0 saturated carbocycles. The van der Waals surface area contributed by atoms with Crippen molar-refractivity contribution < 1.29 is 17.6 Å². The molecule has 1 aromatic heterocycles. The number of benzene rings is 1. The number of halogens is 2. The third kappa shape index (κ3) is 4.42. The van der Waals surface area contributed by atoms with Gasteiger partial charge in [-0.05, 0) is 43.5 Å². The van der Waals surface area contributed by atoms with Gasteiger partial charge in [-0.15, -0.1) is 11.3 Å². The second kappa shape index (κ2) is 7.62. The number of hydrogen-bond donors (Lipinski definition) is 1. The summed E-state index contributed by atoms with van der Waals surface area (Å²) in [5.41, 5.74) is 1.28. The Morgan fingerprint density at radius 3 is 2.85 bits per heavy atom. The summed E-state index contributed by atoms with van der Waals surface area (Å²) < 4.78 is 37.6. The molecular formula is C17H18ClFN2O3S2. The number of sulfone groups is 1. The monoisotopic (exact) mass is 416 g/mol. The maximum atomic E-state index is 13.5. The van der Waals surface area contributed by atoms with E-state index in [9.17, 15) is 17.6 Å². The van der Waals surface area contributed by atoms with Gasteiger partial charge in [-0.2, -0.15) is 0 Å². The number of amides is 1. The van der Waals surface area contributed by atoms with E-state index in [0.29, 0.717) is 45.6 Å². The highest BCUT2D eigenvalue weighted by atomic mass is 35.5. The molecular weight excluding hydrogens is 399 g/mol. The van der Waals surface area contributed by atoms with Gasteiger partial charge in [0, 0.05) is 11.4 Å². The molecule has 9 heteroatoms. The van der Waals surface area contributed by atoms with E-state index in [1.807, 2.05) is 0 Å². The molecule has 0 aliphatic carbocycles. The largest absolute Gasteiger partial charge is 0.315 e. The summed E-state index contributed by atoms with van der Waals surface area (Å²) in [5.74, 6) is -0.869. The molecule has 1 aliphatic heterocycles. The number of nitrogens with one attached hydrogen (secondary N) is 1. The van der Waals surface area contributed by atoms with Crippen LogP contribution in [0.3, 0.4) is 0 Å². The second-order valence-corrected chi connectivity index (χ2v) is 10.1. The maximum Gasteiger partial charge on any atom is 0.243 e. The lowest BCUT2D eigenvalue weighted by Crippen LogP contribution is -2.39. The van der Waals surface area contributed by atoms with Gasteiger partial charge in [0.2, 0.25) is 5.91 Å². The molecule has 0 spiro atoms. The first-order valence-electron chi connectivity index (χ1n) is 8.18. The summed E-state index contributed by atoms with van der Waals surface area (Å²) in [5, 5.41) is 3.22. The van der Waals surface area contributed by atoms with Crippen LogP contribution >= 0.6 is 22.9 Å². The number of rotatable bonds is 4. The molecule has 26 heavy (non-hydrogen) atoms. The van der Waals surface area contributed by atoms with Gasteiger partial charge in [0.1, 0.15) is 16.1 Å². The summed E-state index contributed by atoms with van der Waals surface area (Å²) in [6, 6.07) is 4.28. The molecule has 2 heterocycles. The average Bonchev–Trinajstić information content (AvgIpc) is 2.85. The lowest BCUT2D eigenvalue weighted by molar-refractivity contribution is -0.116. The normalized spacial score (nSPS) is 19.3. The first-order valence-corrected chi connectivity index (χ1v) is 11.1. The molecule has 1 amide bonds. The predicted molar refractivity (Wildman–Crippen MR) is 101 cm³/mol. The summed E-state index contributed by atoms with van der Waals surface area (Å²) >= 11 is 7.12. The minimum Gasteiger partial charge on any atom is -0.315 e. The summed E-state index contributed by atoms with van der Waals surface area (Å²) in [4.78, 5) is 16.8. The predicted octanol–water partition coefficient (Wildman–Crippen LogP) is 3.74. The van der Waals surface area contributed by atoms with Crippen LogP contribution in [0.25, 0.3) is 0 Å². The molecule has 1 aromatic carbocycles. The molecule has 1 unspecified atom stereocenters. The van der Waals surface area contributed by atoms with Crippen LogP contribution < -0.4 is 5.32 Å². The molecule has 140 valence electrons. The van der Waals surface area contributed by atoms with Crippen LogP contribution in [-0.4, -0.2) is 30.3 Å². The van der Waals surface area contributed by atoms with Crippen LogP contribution in [0, 0.1) is 12.7 Å². The zero-order valence-corrected chi connectivity index (χ0v) is 16.5. The van der Waals surface area contributed by atoms with Gasteiger partial charge in [-0.25, -0.2) is 17.8 Å². The van der Waals surface area contributed by atoms with Gasteiger partial charge in [-0.3, -0.25) is 4.79 Å². The van der Waals surface area contributed by atoms with Crippen molar-refractivity contribution in [1.29, 1.82) is 0 Å². The SMILES string of the molecule is Cc1nc(Cc2cc(F)cc(Cl)c2)sc1NC(=O)C1CCCCS1(=O)=O. The van der Waals surface area contributed by atoms with Gasteiger partial charge in [0.05, 0.1) is 16.5 Å². The lowest BCUT2D eigenvalue weighted by Gasteiger charge is -2.21. The van der Waals surface area contributed by atoms with E-state index in [0.717, 1.165) is 6.42 Å². The van der Waals surface area contributed by atoms with Crippen LogP contribution in [-0.2, 0) is 21.1 Å². The summed E-state index contributed by atoms with van der Waals surface area (Å²) in [7, 11) is -3.39. The molecule has 5 nitrogen and oxygen atoms in total. The van der Waals surface area contributed by atoms with E-state index in [1.54, 1.807) is 13.0 Å². The van der Waals surface area contributed by atoms with Gasteiger partial charge in [0.25, 0.3) is 0 Å². The van der Waals surface area contributed by atoms with E-state index in [-0.39, 0.29) is 5.75 Å². The highest BCUT2D eigenvalue weighted by molar-refractivity contribution is 7.92. The van der Waals surface area contributed by atoms with Crippen LogP contribution in [0.4, 0.5) is 9.39 Å². The third-order valence-electron chi connectivity index (χ3n) is 4.23. The maximum absolute atomic E-state index is 13.5. The molecule has 0 radical (unpaired) electrons. The standard InChI is InChI=1S/C17H18ClFN2O3S2/c1-10-17(21-16(22)14-4-2-3-5-26(14,23)24)25-15(20-10)8-11-6-12(18)9-13(19)7-11/h6-7,9,14H,2-5,8H2,1H3,(H,21,22). The van der Waals surface area contributed by atoms with Crippen LogP contribution in [0.15, 0.2) is 18.2 Å². The van der Waals surface area contributed by atoms with Gasteiger partial charge < -0.3 is 5.32 Å². The molecule has 1 atom stereocenters. The van der Waals surface area contributed by atoms with Crippen molar-refractivity contribution in [1.82, 2.24) is 4.98 Å². The van der Waals surface area contributed by atoms with Crippen molar-refractivity contribution in [3.63, 3.8) is 0 Å². The van der Waals surface area contributed by atoms with E-state index < -0.39 is 26.8 Å². The Labute approximate surface area is 160 Å².